The van der Waals surface area contributed by atoms with Crippen molar-refractivity contribution in [3.63, 3.8) is 0 Å². The zero-order valence-electron chi connectivity index (χ0n) is 12.5. The van der Waals surface area contributed by atoms with Crippen molar-refractivity contribution in [1.29, 1.82) is 0 Å². The molecule has 0 spiro atoms. The van der Waals surface area contributed by atoms with Crippen molar-refractivity contribution in [1.82, 2.24) is 4.90 Å². The van der Waals surface area contributed by atoms with Crippen molar-refractivity contribution < 1.29 is 14.3 Å². The van der Waals surface area contributed by atoms with Gasteiger partial charge in [-0.15, -0.1) is 0 Å². The van der Waals surface area contributed by atoms with Gasteiger partial charge in [0, 0.05) is 37.8 Å². The summed E-state index contributed by atoms with van der Waals surface area (Å²) in [6, 6.07) is 9.80. The van der Waals surface area contributed by atoms with E-state index in [0.29, 0.717) is 26.3 Å². The monoisotopic (exact) mass is 300 g/mol. The van der Waals surface area contributed by atoms with E-state index in [9.17, 15) is 9.59 Å². The Balaban J connectivity index is 1.45. The van der Waals surface area contributed by atoms with E-state index in [1.807, 2.05) is 40.1 Å². The second kappa shape index (κ2) is 5.39. The van der Waals surface area contributed by atoms with Crippen LogP contribution in [0.3, 0.4) is 0 Å². The second-order valence-electron chi connectivity index (χ2n) is 6.45. The first-order valence-corrected chi connectivity index (χ1v) is 7.97. The average Bonchev–Trinajstić information content (AvgIpc) is 3.25. The predicted octanol–water partition coefficient (Wildman–Crippen LogP) is 1.14. The van der Waals surface area contributed by atoms with Crippen LogP contribution in [0.15, 0.2) is 30.3 Å². The molecule has 0 aromatic heterocycles. The molecule has 4 rings (SSSR count). The number of hydrogen-bond acceptors (Lipinski definition) is 3. The van der Waals surface area contributed by atoms with E-state index in [0.717, 1.165) is 18.7 Å². The first kappa shape index (κ1) is 13.8. The molecule has 116 valence electrons. The summed E-state index contributed by atoms with van der Waals surface area (Å²) >= 11 is 0. The lowest BCUT2D eigenvalue weighted by atomic mass is 10.0. The number of likely N-dealkylation sites (tertiary alicyclic amines) is 1. The molecule has 0 bridgehead atoms. The number of nitrogens with zero attached hydrogens (tertiary/aromatic N) is 2. The number of para-hydroxylation sites is 1. The summed E-state index contributed by atoms with van der Waals surface area (Å²) in [5, 5.41) is 0. The smallest absolute Gasteiger partial charge is 0.232 e. The van der Waals surface area contributed by atoms with Gasteiger partial charge in [-0.2, -0.15) is 0 Å². The number of rotatable bonds is 2. The molecule has 3 aliphatic heterocycles. The molecule has 0 N–H and O–H groups in total. The molecule has 3 heterocycles. The number of hydrogen-bond donors (Lipinski definition) is 0. The lowest BCUT2D eigenvalue weighted by Crippen LogP contribution is -2.38. The van der Waals surface area contributed by atoms with Crippen LogP contribution in [0.4, 0.5) is 5.69 Å². The number of ether oxygens (including phenoxy) is 1. The summed E-state index contributed by atoms with van der Waals surface area (Å²) in [4.78, 5) is 28.9. The molecule has 5 heteroatoms. The van der Waals surface area contributed by atoms with Gasteiger partial charge in [-0.3, -0.25) is 9.59 Å². The Morgan fingerprint density at radius 1 is 1.14 bits per heavy atom. The zero-order valence-corrected chi connectivity index (χ0v) is 12.5. The SMILES string of the molecule is O=C(C1CCOC1)N1C[C@@H]2CN(c3ccccc3)C(=O)[C@@H]2C1. The lowest BCUT2D eigenvalue weighted by molar-refractivity contribution is -0.134. The summed E-state index contributed by atoms with van der Waals surface area (Å²) < 4.78 is 5.31. The number of fused-ring (bicyclic) bond motifs is 1. The summed E-state index contributed by atoms with van der Waals surface area (Å²) in [7, 11) is 0. The maximum absolute atomic E-state index is 12.6. The van der Waals surface area contributed by atoms with Gasteiger partial charge in [-0.1, -0.05) is 18.2 Å². The number of carbonyl (C=O) groups excluding carboxylic acids is 2. The fourth-order valence-corrected chi connectivity index (χ4v) is 3.87. The first-order chi connectivity index (χ1) is 10.7. The fraction of sp³-hybridized carbons (Fsp3) is 0.529. The Bertz CT molecular complexity index is 583. The zero-order chi connectivity index (χ0) is 15.1. The Labute approximate surface area is 129 Å². The topological polar surface area (TPSA) is 49.9 Å². The van der Waals surface area contributed by atoms with Gasteiger partial charge >= 0.3 is 0 Å². The molecule has 1 aromatic rings. The number of benzene rings is 1. The standard InChI is InChI=1S/C17H20N2O3/c20-16(12-6-7-22-11-12)18-8-13-9-19(17(21)15(13)10-18)14-4-2-1-3-5-14/h1-5,12-13,15H,6-11H2/t12?,13-,15-/m1/s1. The van der Waals surface area contributed by atoms with Crippen LogP contribution in [0.5, 0.6) is 0 Å². The average molecular weight is 300 g/mol. The van der Waals surface area contributed by atoms with E-state index >= 15 is 0 Å². The fourth-order valence-electron chi connectivity index (χ4n) is 3.87. The molecule has 3 fully saturated rings. The predicted molar refractivity (Wildman–Crippen MR) is 81.3 cm³/mol. The molecule has 0 radical (unpaired) electrons. The minimum absolute atomic E-state index is 0.000782. The van der Waals surface area contributed by atoms with E-state index in [2.05, 4.69) is 0 Å². The van der Waals surface area contributed by atoms with E-state index in [4.69, 9.17) is 4.74 Å². The molecule has 1 unspecified atom stereocenters. The molecule has 0 saturated carbocycles. The quantitative estimate of drug-likeness (QED) is 0.823. The minimum Gasteiger partial charge on any atom is -0.381 e. The van der Waals surface area contributed by atoms with Crippen LogP contribution >= 0.6 is 0 Å². The largest absolute Gasteiger partial charge is 0.381 e. The molecule has 5 nitrogen and oxygen atoms in total. The molecule has 3 saturated heterocycles. The van der Waals surface area contributed by atoms with Crippen LogP contribution in [0.1, 0.15) is 6.42 Å². The third-order valence-corrected chi connectivity index (χ3v) is 5.10. The lowest BCUT2D eigenvalue weighted by Gasteiger charge is -2.23. The maximum Gasteiger partial charge on any atom is 0.232 e. The number of carbonyl (C=O) groups is 2. The van der Waals surface area contributed by atoms with Crippen LogP contribution in [-0.4, -0.2) is 49.6 Å². The number of anilines is 1. The normalized spacial score (nSPS) is 30.9. The van der Waals surface area contributed by atoms with Crippen molar-refractivity contribution in [3.05, 3.63) is 30.3 Å². The first-order valence-electron chi connectivity index (χ1n) is 7.97. The third kappa shape index (κ3) is 2.20. The highest BCUT2D eigenvalue weighted by atomic mass is 16.5. The van der Waals surface area contributed by atoms with E-state index in [1.165, 1.54) is 0 Å². The number of amides is 2. The molecule has 3 atom stereocenters. The highest BCUT2D eigenvalue weighted by Crippen LogP contribution is 2.36. The van der Waals surface area contributed by atoms with E-state index in [1.54, 1.807) is 0 Å². The van der Waals surface area contributed by atoms with Gasteiger partial charge in [-0.25, -0.2) is 0 Å². The van der Waals surface area contributed by atoms with Gasteiger partial charge in [0.15, 0.2) is 0 Å². The van der Waals surface area contributed by atoms with Gasteiger partial charge in [0.25, 0.3) is 0 Å². The van der Waals surface area contributed by atoms with Crippen molar-refractivity contribution in [2.75, 3.05) is 37.7 Å². The Hall–Kier alpha value is -1.88. The van der Waals surface area contributed by atoms with Crippen LogP contribution in [-0.2, 0) is 14.3 Å². The third-order valence-electron chi connectivity index (χ3n) is 5.10. The molecular formula is C17H20N2O3. The van der Waals surface area contributed by atoms with Crippen LogP contribution in [0, 0.1) is 17.8 Å². The summed E-state index contributed by atoms with van der Waals surface area (Å²) in [5.74, 6) is 0.560. The Kier molecular flexibility index (Phi) is 3.37. The Morgan fingerprint density at radius 3 is 2.64 bits per heavy atom. The maximum atomic E-state index is 12.6. The van der Waals surface area contributed by atoms with Crippen molar-refractivity contribution in [2.45, 2.75) is 6.42 Å². The molecule has 0 aliphatic carbocycles. The summed E-state index contributed by atoms with van der Waals surface area (Å²) in [6.45, 7) is 3.21. The van der Waals surface area contributed by atoms with Crippen molar-refractivity contribution >= 4 is 17.5 Å². The minimum atomic E-state index is -0.0357. The van der Waals surface area contributed by atoms with Gasteiger partial charge in [0.05, 0.1) is 18.4 Å². The van der Waals surface area contributed by atoms with Crippen LogP contribution in [0.2, 0.25) is 0 Å². The van der Waals surface area contributed by atoms with Crippen molar-refractivity contribution in [2.24, 2.45) is 17.8 Å². The summed E-state index contributed by atoms with van der Waals surface area (Å²) in [6.07, 6.45) is 0.814. The van der Waals surface area contributed by atoms with E-state index in [-0.39, 0.29) is 29.6 Å². The van der Waals surface area contributed by atoms with Gasteiger partial charge in [0.2, 0.25) is 11.8 Å². The highest BCUT2D eigenvalue weighted by molar-refractivity contribution is 5.98. The highest BCUT2D eigenvalue weighted by Gasteiger charge is 2.48. The molecule has 22 heavy (non-hydrogen) atoms. The Morgan fingerprint density at radius 2 is 1.95 bits per heavy atom. The molecule has 1 aromatic carbocycles. The molecular weight excluding hydrogens is 280 g/mol. The van der Waals surface area contributed by atoms with Crippen LogP contribution < -0.4 is 4.90 Å². The van der Waals surface area contributed by atoms with Gasteiger partial charge < -0.3 is 14.5 Å². The van der Waals surface area contributed by atoms with Crippen LogP contribution in [0.25, 0.3) is 0 Å². The van der Waals surface area contributed by atoms with Crippen molar-refractivity contribution in [3.8, 4) is 0 Å². The molecule has 2 amide bonds. The second-order valence-corrected chi connectivity index (χ2v) is 6.45. The summed E-state index contributed by atoms with van der Waals surface area (Å²) in [5.41, 5.74) is 0.962. The van der Waals surface area contributed by atoms with E-state index < -0.39 is 0 Å². The van der Waals surface area contributed by atoms with Gasteiger partial charge in [-0.05, 0) is 18.6 Å². The molecule has 3 aliphatic rings. The van der Waals surface area contributed by atoms with Gasteiger partial charge in [0.1, 0.15) is 0 Å².